The Balaban J connectivity index is 1.35. The van der Waals surface area contributed by atoms with Crippen LogP contribution in [0.3, 0.4) is 0 Å². The Morgan fingerprint density at radius 2 is 1.59 bits per heavy atom. The van der Waals surface area contributed by atoms with Gasteiger partial charge in [-0.3, -0.25) is 9.78 Å². The van der Waals surface area contributed by atoms with E-state index in [2.05, 4.69) is 20.9 Å². The molecule has 32 heavy (non-hydrogen) atoms. The van der Waals surface area contributed by atoms with Crippen LogP contribution in [0.15, 0.2) is 90.6 Å². The minimum absolute atomic E-state index is 0.121. The summed E-state index contributed by atoms with van der Waals surface area (Å²) in [6, 6.07) is 23.7. The average molecular weight is 458 g/mol. The van der Waals surface area contributed by atoms with Crippen LogP contribution in [0.1, 0.15) is 27.2 Å². The summed E-state index contributed by atoms with van der Waals surface area (Å²) in [6.07, 6.45) is 4.43. The van der Waals surface area contributed by atoms with E-state index in [4.69, 9.17) is 11.6 Å². The van der Waals surface area contributed by atoms with Crippen molar-refractivity contribution >= 4 is 44.7 Å². The van der Waals surface area contributed by atoms with Gasteiger partial charge in [-0.25, -0.2) is 0 Å². The Morgan fingerprint density at radius 3 is 2.34 bits per heavy atom. The van der Waals surface area contributed by atoms with Crippen molar-refractivity contribution in [2.45, 2.75) is 13.0 Å². The van der Waals surface area contributed by atoms with Crippen molar-refractivity contribution in [2.75, 3.05) is 5.32 Å². The molecule has 0 bridgehead atoms. The summed E-state index contributed by atoms with van der Waals surface area (Å²) < 4.78 is 3.15. The van der Waals surface area contributed by atoms with Crippen LogP contribution in [0.5, 0.6) is 0 Å². The second-order valence-corrected chi connectivity index (χ2v) is 8.98. The van der Waals surface area contributed by atoms with E-state index in [0.29, 0.717) is 17.3 Å². The van der Waals surface area contributed by atoms with Gasteiger partial charge in [-0.2, -0.15) is 0 Å². The molecule has 0 aliphatic rings. The molecule has 1 amide bonds. The quantitative estimate of drug-likeness (QED) is 0.310. The van der Waals surface area contributed by atoms with Crippen LogP contribution >= 0.6 is 22.9 Å². The molecule has 0 unspecified atom stereocenters. The number of amides is 1. The van der Waals surface area contributed by atoms with E-state index in [0.717, 1.165) is 27.9 Å². The first-order valence-electron chi connectivity index (χ1n) is 10.3. The number of hydrogen-bond donors (Lipinski definition) is 1. The first-order chi connectivity index (χ1) is 15.7. The average Bonchev–Trinajstić information content (AvgIpc) is 3.40. The van der Waals surface area contributed by atoms with Gasteiger partial charge < -0.3 is 9.88 Å². The molecule has 0 aliphatic heterocycles. The third-order valence-electron chi connectivity index (χ3n) is 5.38. The molecule has 3 aromatic heterocycles. The number of nitrogens with one attached hydrogen (secondary N) is 1. The Hall–Kier alpha value is -3.41. The van der Waals surface area contributed by atoms with Crippen LogP contribution < -0.4 is 5.32 Å². The number of benzene rings is 2. The molecule has 5 rings (SSSR count). The largest absolute Gasteiger partial charge is 0.331 e. The maximum Gasteiger partial charge on any atom is 0.272 e. The highest BCUT2D eigenvalue weighted by Gasteiger charge is 2.17. The molecule has 0 radical (unpaired) electrons. The van der Waals surface area contributed by atoms with Crippen LogP contribution in [0.25, 0.3) is 10.2 Å². The van der Waals surface area contributed by atoms with Gasteiger partial charge in [0.25, 0.3) is 5.91 Å². The maximum absolute atomic E-state index is 13.2. The van der Waals surface area contributed by atoms with Crippen molar-refractivity contribution in [3.8, 4) is 0 Å². The summed E-state index contributed by atoms with van der Waals surface area (Å²) in [4.78, 5) is 17.2. The molecule has 158 valence electrons. The number of halogens is 1. The number of pyridine rings is 1. The lowest BCUT2D eigenvalue weighted by Gasteiger charge is -2.12. The zero-order valence-electron chi connectivity index (χ0n) is 17.2. The van der Waals surface area contributed by atoms with Gasteiger partial charge in [0.2, 0.25) is 0 Å². The Kier molecular flexibility index (Phi) is 5.75. The number of carbonyl (C=O) groups is 1. The van der Waals surface area contributed by atoms with Gasteiger partial charge in [-0.05, 0) is 77.0 Å². The lowest BCUT2D eigenvalue weighted by atomic mass is 10.1. The molecular formula is C26H20ClN3OS. The van der Waals surface area contributed by atoms with Gasteiger partial charge in [0, 0.05) is 29.6 Å². The summed E-state index contributed by atoms with van der Waals surface area (Å²) >= 11 is 7.66. The first-order valence-corrected chi connectivity index (χ1v) is 11.5. The van der Waals surface area contributed by atoms with Gasteiger partial charge in [0.05, 0.1) is 10.2 Å². The Labute approximate surface area is 195 Å². The minimum atomic E-state index is -0.121. The van der Waals surface area contributed by atoms with Gasteiger partial charge in [-0.15, -0.1) is 11.3 Å². The standard InChI is InChI=1S/C26H20ClN3OS/c27-21-5-1-20(2-6-21)17-30-23-11-14-32-25(23)16-24(30)26(31)29-22-7-3-18(4-8-22)15-19-9-12-28-13-10-19/h1-14,16H,15,17H2,(H,29,31). The third kappa shape index (κ3) is 4.44. The summed E-state index contributed by atoms with van der Waals surface area (Å²) in [5.41, 5.74) is 5.95. The molecule has 0 saturated carbocycles. The molecule has 0 fully saturated rings. The maximum atomic E-state index is 13.2. The summed E-state index contributed by atoms with van der Waals surface area (Å²) in [5, 5.41) is 5.80. The minimum Gasteiger partial charge on any atom is -0.331 e. The second kappa shape index (κ2) is 8.99. The highest BCUT2D eigenvalue weighted by Crippen LogP contribution is 2.27. The predicted octanol–water partition coefficient (Wildman–Crippen LogP) is 6.64. The molecule has 0 aliphatic carbocycles. The SMILES string of the molecule is O=C(Nc1ccc(Cc2ccncc2)cc1)c1cc2sccc2n1Cc1ccc(Cl)cc1. The van der Waals surface area contributed by atoms with Crippen LogP contribution in [0.4, 0.5) is 5.69 Å². The zero-order valence-corrected chi connectivity index (χ0v) is 18.7. The van der Waals surface area contributed by atoms with E-state index >= 15 is 0 Å². The molecule has 0 atom stereocenters. The van der Waals surface area contributed by atoms with Crippen LogP contribution in [0, 0.1) is 0 Å². The van der Waals surface area contributed by atoms with Crippen molar-refractivity contribution in [2.24, 2.45) is 0 Å². The lowest BCUT2D eigenvalue weighted by molar-refractivity contribution is 0.101. The predicted molar refractivity (Wildman–Crippen MR) is 132 cm³/mol. The molecule has 0 spiro atoms. The fourth-order valence-electron chi connectivity index (χ4n) is 3.75. The van der Waals surface area contributed by atoms with Crippen molar-refractivity contribution in [1.82, 2.24) is 9.55 Å². The smallest absolute Gasteiger partial charge is 0.272 e. The normalized spacial score (nSPS) is 11.0. The van der Waals surface area contributed by atoms with Crippen molar-refractivity contribution in [3.05, 3.63) is 118 Å². The van der Waals surface area contributed by atoms with Crippen molar-refractivity contribution in [3.63, 3.8) is 0 Å². The Morgan fingerprint density at radius 1 is 0.906 bits per heavy atom. The number of fused-ring (bicyclic) bond motifs is 1. The molecule has 1 N–H and O–H groups in total. The van der Waals surface area contributed by atoms with Crippen LogP contribution in [-0.4, -0.2) is 15.5 Å². The first kappa shape index (κ1) is 20.5. The van der Waals surface area contributed by atoms with Gasteiger partial charge >= 0.3 is 0 Å². The second-order valence-electron chi connectivity index (χ2n) is 7.60. The van der Waals surface area contributed by atoms with Crippen molar-refractivity contribution in [1.29, 1.82) is 0 Å². The number of carbonyl (C=O) groups excluding carboxylic acids is 1. The number of rotatable bonds is 6. The zero-order chi connectivity index (χ0) is 21.9. The van der Waals surface area contributed by atoms with E-state index in [9.17, 15) is 4.79 Å². The molecule has 5 aromatic rings. The molecule has 6 heteroatoms. The number of nitrogens with zero attached hydrogens (tertiary/aromatic N) is 2. The monoisotopic (exact) mass is 457 g/mol. The molecule has 2 aromatic carbocycles. The topological polar surface area (TPSA) is 46.9 Å². The summed E-state index contributed by atoms with van der Waals surface area (Å²) in [6.45, 7) is 0.602. The summed E-state index contributed by atoms with van der Waals surface area (Å²) in [7, 11) is 0. The Bertz CT molecular complexity index is 1360. The van der Waals surface area contributed by atoms with Gasteiger partial charge in [-0.1, -0.05) is 35.9 Å². The van der Waals surface area contributed by atoms with E-state index < -0.39 is 0 Å². The van der Waals surface area contributed by atoms with E-state index in [1.54, 1.807) is 23.7 Å². The highest BCUT2D eigenvalue weighted by atomic mass is 35.5. The van der Waals surface area contributed by atoms with E-state index in [1.807, 2.05) is 72.1 Å². The lowest BCUT2D eigenvalue weighted by Crippen LogP contribution is -2.17. The number of thiophene rings is 1. The molecular weight excluding hydrogens is 438 g/mol. The van der Waals surface area contributed by atoms with Crippen LogP contribution in [-0.2, 0) is 13.0 Å². The number of anilines is 1. The van der Waals surface area contributed by atoms with Gasteiger partial charge in [0.1, 0.15) is 5.69 Å². The third-order valence-corrected chi connectivity index (χ3v) is 6.48. The van der Waals surface area contributed by atoms with Crippen molar-refractivity contribution < 1.29 is 4.79 Å². The summed E-state index contributed by atoms with van der Waals surface area (Å²) in [5.74, 6) is -0.121. The molecule has 3 heterocycles. The molecule has 4 nitrogen and oxygen atoms in total. The van der Waals surface area contributed by atoms with Crippen LogP contribution in [0.2, 0.25) is 5.02 Å². The highest BCUT2D eigenvalue weighted by molar-refractivity contribution is 7.17. The van der Waals surface area contributed by atoms with Gasteiger partial charge in [0.15, 0.2) is 0 Å². The number of hydrogen-bond acceptors (Lipinski definition) is 3. The van der Waals surface area contributed by atoms with E-state index in [-0.39, 0.29) is 5.91 Å². The fraction of sp³-hybridized carbons (Fsp3) is 0.0769. The fourth-order valence-corrected chi connectivity index (χ4v) is 4.69. The number of aromatic nitrogens is 2. The van der Waals surface area contributed by atoms with E-state index in [1.165, 1.54) is 11.1 Å². The molecule has 0 saturated heterocycles.